The Kier molecular flexibility index (Phi) is 4.23. The Morgan fingerprint density at radius 3 is 2.73 bits per heavy atom. The molecule has 1 aromatic rings. The van der Waals surface area contributed by atoms with Crippen molar-refractivity contribution in [3.63, 3.8) is 0 Å². The zero-order valence-electron chi connectivity index (χ0n) is 8.59. The number of hydrogen-bond acceptors (Lipinski definition) is 2. The maximum absolute atomic E-state index is 13.7. The zero-order valence-corrected chi connectivity index (χ0v) is 10.2. The van der Waals surface area contributed by atoms with Crippen LogP contribution >= 0.6 is 15.9 Å². The van der Waals surface area contributed by atoms with Crippen LogP contribution in [0, 0.1) is 5.82 Å². The second kappa shape index (κ2) is 5.23. The van der Waals surface area contributed by atoms with E-state index in [1.54, 1.807) is 18.2 Å². The van der Waals surface area contributed by atoms with Gasteiger partial charge in [0.25, 0.3) is 0 Å². The summed E-state index contributed by atoms with van der Waals surface area (Å²) in [5.74, 6) is 5.29. The molecule has 82 valence electrons. The number of amidine groups is 1. The molecule has 0 bridgehead atoms. The van der Waals surface area contributed by atoms with Gasteiger partial charge in [0.15, 0.2) is 0 Å². The number of rotatable bonds is 2. The van der Waals surface area contributed by atoms with Gasteiger partial charge >= 0.3 is 0 Å². The first-order valence-corrected chi connectivity index (χ1v) is 5.34. The van der Waals surface area contributed by atoms with Crippen molar-refractivity contribution in [2.24, 2.45) is 10.8 Å². The van der Waals surface area contributed by atoms with Gasteiger partial charge in [-0.05, 0) is 41.9 Å². The molecular formula is C10H13BrFN3. The van der Waals surface area contributed by atoms with E-state index in [0.29, 0.717) is 15.9 Å². The minimum Gasteiger partial charge on any atom is -0.308 e. The predicted molar refractivity (Wildman–Crippen MR) is 63.1 cm³/mol. The smallest absolute Gasteiger partial charge is 0.148 e. The van der Waals surface area contributed by atoms with Crippen LogP contribution in [-0.4, -0.2) is 11.9 Å². The summed E-state index contributed by atoms with van der Waals surface area (Å²) < 4.78 is 14.1. The van der Waals surface area contributed by atoms with Crippen molar-refractivity contribution in [3.05, 3.63) is 34.1 Å². The summed E-state index contributed by atoms with van der Waals surface area (Å²) >= 11 is 3.11. The monoisotopic (exact) mass is 273 g/mol. The fourth-order valence-corrected chi connectivity index (χ4v) is 1.50. The Morgan fingerprint density at radius 1 is 1.53 bits per heavy atom. The molecule has 0 saturated heterocycles. The summed E-state index contributed by atoms with van der Waals surface area (Å²) in [5.41, 5.74) is 2.77. The van der Waals surface area contributed by atoms with Crippen molar-refractivity contribution < 1.29 is 4.39 Å². The lowest BCUT2D eigenvalue weighted by Crippen LogP contribution is -2.32. The summed E-state index contributed by atoms with van der Waals surface area (Å²) in [5, 5.41) is 0. The lowest BCUT2D eigenvalue weighted by Gasteiger charge is -2.09. The van der Waals surface area contributed by atoms with Crippen molar-refractivity contribution in [3.8, 4) is 0 Å². The Labute approximate surface area is 96.7 Å². The number of hydrazine groups is 1. The first-order valence-electron chi connectivity index (χ1n) is 4.55. The molecule has 3 nitrogen and oxygen atoms in total. The molecule has 0 aliphatic heterocycles. The molecular weight excluding hydrogens is 261 g/mol. The maximum Gasteiger partial charge on any atom is 0.148 e. The van der Waals surface area contributed by atoms with E-state index in [1.807, 2.05) is 13.8 Å². The second-order valence-electron chi connectivity index (χ2n) is 3.32. The van der Waals surface area contributed by atoms with Crippen LogP contribution in [0.5, 0.6) is 0 Å². The number of benzene rings is 1. The lowest BCUT2D eigenvalue weighted by atomic mass is 10.2. The van der Waals surface area contributed by atoms with Crippen LogP contribution < -0.4 is 11.3 Å². The van der Waals surface area contributed by atoms with E-state index in [1.165, 1.54) is 0 Å². The average Bonchev–Trinajstić information content (AvgIpc) is 2.19. The normalized spacial score (nSPS) is 12.0. The number of hydrogen-bond donors (Lipinski definition) is 2. The van der Waals surface area contributed by atoms with E-state index in [4.69, 9.17) is 5.84 Å². The van der Waals surface area contributed by atoms with Gasteiger partial charge in [-0.15, -0.1) is 0 Å². The predicted octanol–water partition coefficient (Wildman–Crippen LogP) is 2.21. The van der Waals surface area contributed by atoms with Crippen molar-refractivity contribution in [2.45, 2.75) is 19.9 Å². The molecule has 0 spiro atoms. The summed E-state index contributed by atoms with van der Waals surface area (Å²) in [4.78, 5) is 4.19. The minimum absolute atomic E-state index is 0.0504. The lowest BCUT2D eigenvalue weighted by molar-refractivity contribution is 0.616. The van der Waals surface area contributed by atoms with E-state index < -0.39 is 0 Å². The van der Waals surface area contributed by atoms with Crippen LogP contribution in [0.1, 0.15) is 19.4 Å². The fraction of sp³-hybridized carbons (Fsp3) is 0.300. The molecule has 0 saturated carbocycles. The minimum atomic E-state index is -0.366. The van der Waals surface area contributed by atoms with E-state index in [2.05, 4.69) is 26.3 Å². The molecule has 0 aromatic heterocycles. The summed E-state index contributed by atoms with van der Waals surface area (Å²) in [6.07, 6.45) is 0. The molecule has 0 amide bonds. The molecule has 1 rings (SSSR count). The maximum atomic E-state index is 13.7. The third-order valence-electron chi connectivity index (χ3n) is 1.73. The molecule has 0 fully saturated rings. The van der Waals surface area contributed by atoms with E-state index in [-0.39, 0.29) is 11.9 Å². The molecule has 15 heavy (non-hydrogen) atoms. The van der Waals surface area contributed by atoms with Crippen LogP contribution in [0.3, 0.4) is 0 Å². The molecule has 0 aliphatic carbocycles. The van der Waals surface area contributed by atoms with Gasteiger partial charge in [-0.2, -0.15) is 0 Å². The molecule has 0 radical (unpaired) electrons. The van der Waals surface area contributed by atoms with Gasteiger partial charge in [-0.1, -0.05) is 6.07 Å². The third-order valence-corrected chi connectivity index (χ3v) is 2.34. The van der Waals surface area contributed by atoms with E-state index in [9.17, 15) is 4.39 Å². The van der Waals surface area contributed by atoms with Crippen LogP contribution in [0.15, 0.2) is 27.7 Å². The Balaban J connectivity index is 3.19. The standard InChI is InChI=1S/C10H13BrFN3/c1-6(2)14-10(15-13)7-4-3-5-8(11)9(7)12/h3-6H,13H2,1-2H3,(H,14,15). The largest absolute Gasteiger partial charge is 0.308 e. The fourth-order valence-electron chi connectivity index (χ4n) is 1.13. The molecule has 0 atom stereocenters. The highest BCUT2D eigenvalue weighted by atomic mass is 79.9. The zero-order chi connectivity index (χ0) is 11.4. The number of halogens is 2. The van der Waals surface area contributed by atoms with Gasteiger partial charge in [0, 0.05) is 6.04 Å². The van der Waals surface area contributed by atoms with Gasteiger partial charge in [0.1, 0.15) is 11.7 Å². The number of aliphatic imine (C=N–C) groups is 1. The van der Waals surface area contributed by atoms with Crippen molar-refractivity contribution in [1.29, 1.82) is 0 Å². The molecule has 1 aromatic carbocycles. The highest BCUT2D eigenvalue weighted by molar-refractivity contribution is 9.10. The van der Waals surface area contributed by atoms with Gasteiger partial charge in [0.2, 0.25) is 0 Å². The summed E-state index contributed by atoms with van der Waals surface area (Å²) in [7, 11) is 0. The second-order valence-corrected chi connectivity index (χ2v) is 4.17. The quantitative estimate of drug-likeness (QED) is 0.376. The van der Waals surface area contributed by atoms with Gasteiger partial charge in [-0.3, -0.25) is 4.99 Å². The first kappa shape index (κ1) is 12.1. The number of nitrogens with two attached hydrogens (primary N) is 1. The van der Waals surface area contributed by atoms with E-state index >= 15 is 0 Å². The Morgan fingerprint density at radius 2 is 2.20 bits per heavy atom. The summed E-state index contributed by atoms with van der Waals surface area (Å²) in [6, 6.07) is 5.04. The third kappa shape index (κ3) is 3.00. The molecule has 5 heteroatoms. The van der Waals surface area contributed by atoms with Gasteiger partial charge < -0.3 is 5.43 Å². The van der Waals surface area contributed by atoms with Crippen LogP contribution in [0.25, 0.3) is 0 Å². The molecule has 0 unspecified atom stereocenters. The molecule has 0 aliphatic rings. The SMILES string of the molecule is CC(C)N=C(NN)c1cccc(Br)c1F. The van der Waals surface area contributed by atoms with Crippen LogP contribution in [0.4, 0.5) is 4.39 Å². The van der Waals surface area contributed by atoms with Crippen molar-refractivity contribution >= 4 is 21.8 Å². The highest BCUT2D eigenvalue weighted by Crippen LogP contribution is 2.18. The van der Waals surface area contributed by atoms with Crippen molar-refractivity contribution in [2.75, 3.05) is 0 Å². The van der Waals surface area contributed by atoms with E-state index in [0.717, 1.165) is 0 Å². The highest BCUT2D eigenvalue weighted by Gasteiger charge is 2.11. The number of nitrogens with zero attached hydrogens (tertiary/aromatic N) is 1. The van der Waals surface area contributed by atoms with Crippen LogP contribution in [0.2, 0.25) is 0 Å². The van der Waals surface area contributed by atoms with Crippen molar-refractivity contribution in [1.82, 2.24) is 5.43 Å². The molecule has 3 N–H and O–H groups in total. The molecule has 0 heterocycles. The number of nitrogens with one attached hydrogen (secondary N) is 1. The van der Waals surface area contributed by atoms with Gasteiger partial charge in [-0.25, -0.2) is 10.2 Å². The Bertz CT molecular complexity index is 377. The average molecular weight is 274 g/mol. The summed E-state index contributed by atoms with van der Waals surface area (Å²) in [6.45, 7) is 3.79. The van der Waals surface area contributed by atoms with Gasteiger partial charge in [0.05, 0.1) is 10.0 Å². The topological polar surface area (TPSA) is 50.4 Å². The Hall–Kier alpha value is -0.940. The first-order chi connectivity index (χ1) is 7.06. The van der Waals surface area contributed by atoms with Crippen LogP contribution in [-0.2, 0) is 0 Å².